The first-order valence-electron chi connectivity index (χ1n) is 9.42. The lowest BCUT2D eigenvalue weighted by Crippen LogP contribution is -2.40. The fourth-order valence-electron chi connectivity index (χ4n) is 2.86. The summed E-state index contributed by atoms with van der Waals surface area (Å²) in [5, 5.41) is 3.36. The maximum absolute atomic E-state index is 5.83. The topological polar surface area (TPSA) is 62.9 Å². The Labute approximate surface area is 152 Å². The summed E-state index contributed by atoms with van der Waals surface area (Å²) in [5.74, 6) is 3.24. The zero-order valence-corrected chi connectivity index (χ0v) is 16.5. The minimum atomic E-state index is -0.0278. The summed E-state index contributed by atoms with van der Waals surface area (Å²) in [5.41, 5.74) is -0.0278. The maximum atomic E-state index is 5.83. The number of hydrogen-bond acceptors (Lipinski definition) is 4. The van der Waals surface area contributed by atoms with Crippen LogP contribution in [0.5, 0.6) is 0 Å². The summed E-state index contributed by atoms with van der Waals surface area (Å²) in [4.78, 5) is 11.3. The lowest BCUT2D eigenvalue weighted by Gasteiger charge is -2.26. The Morgan fingerprint density at radius 1 is 1.36 bits per heavy atom. The molecule has 1 aromatic rings. The standard InChI is InChI=1S/C19H34N4O2/c1-6-20-18(23(5)10-7-15-8-11-24-12-9-15)22-14-17-21-13-16(25-17)19(2,3)4/h13,15H,6-12,14H2,1-5H3,(H,20,22). The van der Waals surface area contributed by atoms with Crippen LogP contribution in [-0.4, -0.2) is 49.2 Å². The van der Waals surface area contributed by atoms with Gasteiger partial charge in [-0.3, -0.25) is 0 Å². The van der Waals surface area contributed by atoms with Crippen molar-refractivity contribution in [2.75, 3.05) is 33.4 Å². The average Bonchev–Trinajstić information content (AvgIpc) is 3.07. The van der Waals surface area contributed by atoms with Gasteiger partial charge in [-0.05, 0) is 32.1 Å². The third-order valence-corrected chi connectivity index (χ3v) is 4.57. The van der Waals surface area contributed by atoms with Crippen molar-refractivity contribution >= 4 is 5.96 Å². The number of rotatable bonds is 6. The van der Waals surface area contributed by atoms with E-state index in [1.54, 1.807) is 0 Å². The van der Waals surface area contributed by atoms with Gasteiger partial charge in [0, 0.05) is 38.8 Å². The van der Waals surface area contributed by atoms with Gasteiger partial charge in [0.1, 0.15) is 12.3 Å². The highest BCUT2D eigenvalue weighted by atomic mass is 16.5. The minimum absolute atomic E-state index is 0.0278. The molecule has 2 heterocycles. The fourth-order valence-corrected chi connectivity index (χ4v) is 2.86. The molecule has 0 bridgehead atoms. The van der Waals surface area contributed by atoms with Gasteiger partial charge < -0.3 is 19.4 Å². The van der Waals surface area contributed by atoms with Crippen LogP contribution < -0.4 is 5.32 Å². The molecule has 142 valence electrons. The van der Waals surface area contributed by atoms with E-state index in [4.69, 9.17) is 14.1 Å². The molecule has 0 saturated carbocycles. The monoisotopic (exact) mass is 350 g/mol. The molecule has 1 aliphatic rings. The zero-order valence-electron chi connectivity index (χ0n) is 16.5. The van der Waals surface area contributed by atoms with E-state index in [1.165, 1.54) is 19.3 Å². The molecule has 0 aromatic carbocycles. The van der Waals surface area contributed by atoms with Gasteiger partial charge in [-0.15, -0.1) is 0 Å². The highest BCUT2D eigenvalue weighted by Gasteiger charge is 2.19. The molecule has 0 amide bonds. The number of nitrogens with zero attached hydrogens (tertiary/aromatic N) is 3. The zero-order chi connectivity index (χ0) is 18.3. The van der Waals surface area contributed by atoms with Crippen molar-refractivity contribution in [3.8, 4) is 0 Å². The smallest absolute Gasteiger partial charge is 0.216 e. The summed E-state index contributed by atoms with van der Waals surface area (Å²) in [6.45, 7) is 12.6. The molecule has 6 heteroatoms. The van der Waals surface area contributed by atoms with Crippen molar-refractivity contribution in [3.05, 3.63) is 17.8 Å². The van der Waals surface area contributed by atoms with Crippen LogP contribution >= 0.6 is 0 Å². The number of ether oxygens (including phenoxy) is 1. The van der Waals surface area contributed by atoms with Crippen LogP contribution in [0.4, 0.5) is 0 Å². The summed E-state index contributed by atoms with van der Waals surface area (Å²) in [6.07, 6.45) is 5.34. The molecule has 0 atom stereocenters. The van der Waals surface area contributed by atoms with Gasteiger partial charge in [-0.2, -0.15) is 0 Å². The molecule has 0 spiro atoms. The second kappa shape index (κ2) is 9.22. The predicted octanol–water partition coefficient (Wildman–Crippen LogP) is 3.19. The average molecular weight is 351 g/mol. The highest BCUT2D eigenvalue weighted by Crippen LogP contribution is 2.23. The first-order valence-corrected chi connectivity index (χ1v) is 9.42. The normalized spacial score (nSPS) is 16.9. The number of guanidine groups is 1. The number of aliphatic imine (C=N–C) groups is 1. The SMILES string of the molecule is CCNC(=NCc1ncc(C(C)(C)C)o1)N(C)CCC1CCOCC1. The quantitative estimate of drug-likeness (QED) is 0.630. The van der Waals surface area contributed by atoms with Gasteiger partial charge in [-0.25, -0.2) is 9.98 Å². The van der Waals surface area contributed by atoms with Gasteiger partial charge >= 0.3 is 0 Å². The third kappa shape index (κ3) is 6.34. The Bertz CT molecular complexity index is 542. The van der Waals surface area contributed by atoms with Gasteiger partial charge in [0.05, 0.1) is 6.20 Å². The summed E-state index contributed by atoms with van der Waals surface area (Å²) >= 11 is 0. The Balaban J connectivity index is 1.91. The largest absolute Gasteiger partial charge is 0.443 e. The molecule has 25 heavy (non-hydrogen) atoms. The Morgan fingerprint density at radius 3 is 2.68 bits per heavy atom. The van der Waals surface area contributed by atoms with Crippen molar-refractivity contribution in [2.24, 2.45) is 10.9 Å². The summed E-state index contributed by atoms with van der Waals surface area (Å²) in [7, 11) is 2.09. The van der Waals surface area contributed by atoms with Crippen molar-refractivity contribution in [1.82, 2.24) is 15.2 Å². The van der Waals surface area contributed by atoms with E-state index in [9.17, 15) is 0 Å². The van der Waals surface area contributed by atoms with Crippen molar-refractivity contribution in [3.63, 3.8) is 0 Å². The van der Waals surface area contributed by atoms with E-state index in [-0.39, 0.29) is 5.41 Å². The highest BCUT2D eigenvalue weighted by molar-refractivity contribution is 5.79. The number of hydrogen-bond donors (Lipinski definition) is 1. The lowest BCUT2D eigenvalue weighted by molar-refractivity contribution is 0.0625. The van der Waals surface area contributed by atoms with Crippen LogP contribution in [0, 0.1) is 5.92 Å². The second-order valence-electron chi connectivity index (χ2n) is 7.80. The van der Waals surface area contributed by atoms with Crippen molar-refractivity contribution in [1.29, 1.82) is 0 Å². The van der Waals surface area contributed by atoms with E-state index >= 15 is 0 Å². The number of oxazole rings is 1. The molecule has 1 N–H and O–H groups in total. The molecule has 0 unspecified atom stereocenters. The third-order valence-electron chi connectivity index (χ3n) is 4.57. The van der Waals surface area contributed by atoms with Crippen LogP contribution in [0.25, 0.3) is 0 Å². The van der Waals surface area contributed by atoms with E-state index < -0.39 is 0 Å². The molecule has 2 rings (SSSR count). The van der Waals surface area contributed by atoms with Gasteiger partial charge in [0.2, 0.25) is 5.89 Å². The van der Waals surface area contributed by atoms with E-state index in [1.807, 2.05) is 6.20 Å². The fraction of sp³-hybridized carbons (Fsp3) is 0.789. The molecular formula is C19H34N4O2. The first kappa shape index (κ1) is 19.8. The van der Waals surface area contributed by atoms with E-state index in [2.05, 4.69) is 49.9 Å². The van der Waals surface area contributed by atoms with Crippen LogP contribution in [0.15, 0.2) is 15.6 Å². The number of nitrogens with one attached hydrogen (secondary N) is 1. The molecule has 1 fully saturated rings. The van der Waals surface area contributed by atoms with Crippen LogP contribution in [-0.2, 0) is 16.7 Å². The van der Waals surface area contributed by atoms with Crippen molar-refractivity contribution < 1.29 is 9.15 Å². The van der Waals surface area contributed by atoms with Gasteiger partial charge in [-0.1, -0.05) is 20.8 Å². The maximum Gasteiger partial charge on any atom is 0.216 e. The van der Waals surface area contributed by atoms with E-state index in [0.29, 0.717) is 12.4 Å². The van der Waals surface area contributed by atoms with Gasteiger partial charge in [0.15, 0.2) is 5.96 Å². The lowest BCUT2D eigenvalue weighted by atomic mass is 9.94. The van der Waals surface area contributed by atoms with Gasteiger partial charge in [0.25, 0.3) is 0 Å². The predicted molar refractivity (Wildman–Crippen MR) is 101 cm³/mol. The van der Waals surface area contributed by atoms with Crippen molar-refractivity contribution in [2.45, 2.75) is 58.9 Å². The van der Waals surface area contributed by atoms with Crippen LogP contribution in [0.1, 0.15) is 58.6 Å². The molecule has 0 radical (unpaired) electrons. The Kier molecular flexibility index (Phi) is 7.29. The molecule has 0 aliphatic carbocycles. The summed E-state index contributed by atoms with van der Waals surface area (Å²) < 4.78 is 11.3. The molecular weight excluding hydrogens is 316 g/mol. The second-order valence-corrected chi connectivity index (χ2v) is 7.80. The van der Waals surface area contributed by atoms with Crippen LogP contribution in [0.3, 0.4) is 0 Å². The van der Waals surface area contributed by atoms with E-state index in [0.717, 1.165) is 43.9 Å². The minimum Gasteiger partial charge on any atom is -0.443 e. The molecule has 1 aliphatic heterocycles. The Hall–Kier alpha value is -1.56. The molecule has 1 aromatic heterocycles. The Morgan fingerprint density at radius 2 is 2.08 bits per heavy atom. The molecule has 6 nitrogen and oxygen atoms in total. The summed E-state index contributed by atoms with van der Waals surface area (Å²) in [6, 6.07) is 0. The molecule has 1 saturated heterocycles. The van der Waals surface area contributed by atoms with Crippen LogP contribution in [0.2, 0.25) is 0 Å². The number of aromatic nitrogens is 1. The first-order chi connectivity index (χ1) is 11.9.